The van der Waals surface area contributed by atoms with Gasteiger partial charge in [-0.15, -0.1) is 0 Å². The second kappa shape index (κ2) is 14.3. The first kappa shape index (κ1) is 33.3. The molecule has 0 bridgehead atoms. The fourth-order valence-corrected chi connectivity index (χ4v) is 12.1. The molecule has 2 aromatic rings. The highest BCUT2D eigenvalue weighted by molar-refractivity contribution is 6.72. The summed E-state index contributed by atoms with van der Waals surface area (Å²) in [6.45, 7) is 21.1. The van der Waals surface area contributed by atoms with Crippen molar-refractivity contribution in [3.8, 4) is 0 Å². The van der Waals surface area contributed by atoms with Crippen LogP contribution in [0, 0.1) is 0 Å². The first-order chi connectivity index (χ1) is 18.8. The van der Waals surface area contributed by atoms with E-state index in [-0.39, 0.29) is 18.3 Å². The molecule has 40 heavy (non-hydrogen) atoms. The molecule has 12 heteroatoms. The summed E-state index contributed by atoms with van der Waals surface area (Å²) in [5.74, 6) is 0.362. The van der Waals surface area contributed by atoms with Crippen molar-refractivity contribution in [1.29, 1.82) is 0 Å². The second-order valence-electron chi connectivity index (χ2n) is 13.2. The molecule has 0 unspecified atom stereocenters. The normalized spacial score (nSPS) is 22.4. The zero-order valence-corrected chi connectivity index (χ0v) is 29.5. The molecular weight excluding hydrogens is 555 g/mol. The van der Waals surface area contributed by atoms with Gasteiger partial charge in [-0.05, 0) is 57.4 Å². The predicted molar refractivity (Wildman–Crippen MR) is 171 cm³/mol. The highest BCUT2D eigenvalue weighted by Gasteiger charge is 2.51. The Morgan fingerprint density at radius 2 is 1.35 bits per heavy atom. The molecule has 2 aromatic heterocycles. The number of hydrogen-bond donors (Lipinski definition) is 1. The van der Waals surface area contributed by atoms with Crippen LogP contribution in [-0.2, 0) is 18.0 Å². The van der Waals surface area contributed by atoms with Gasteiger partial charge >= 0.3 is 0 Å². The number of nitrogens with zero attached hydrogens (tertiary/aromatic N) is 4. The quantitative estimate of drug-likeness (QED) is 0.189. The van der Waals surface area contributed by atoms with Gasteiger partial charge in [-0.25, -0.2) is 15.0 Å². The predicted octanol–water partition coefficient (Wildman–Crippen LogP) is 7.11. The van der Waals surface area contributed by atoms with Crippen LogP contribution in [0.2, 0.25) is 57.4 Å². The Hall–Kier alpha value is -1.16. The molecule has 0 radical (unpaired) electrons. The van der Waals surface area contributed by atoms with Crippen molar-refractivity contribution >= 4 is 41.9 Å². The van der Waals surface area contributed by atoms with E-state index in [2.05, 4.69) is 75.0 Å². The SMILES string of the molecule is CCCC[Si](C)(C)OC[C@H]1O[C@@H](n2cnc3c(N)ncnc32)[C@H](O[Si](C)(C)CCCC)[C@@H]1O[Si](C)(C)CCCC. The summed E-state index contributed by atoms with van der Waals surface area (Å²) < 4.78 is 29.8. The summed E-state index contributed by atoms with van der Waals surface area (Å²) in [4.78, 5) is 13.2. The number of nitrogen functional groups attached to an aromatic ring is 1. The first-order valence-corrected chi connectivity index (χ1v) is 24.8. The summed E-state index contributed by atoms with van der Waals surface area (Å²) in [7, 11) is -5.88. The lowest BCUT2D eigenvalue weighted by molar-refractivity contribution is -0.0460. The van der Waals surface area contributed by atoms with E-state index in [4.69, 9.17) is 23.7 Å². The van der Waals surface area contributed by atoms with Crippen LogP contribution in [0.15, 0.2) is 12.7 Å². The number of ether oxygens (including phenoxy) is 1. The minimum atomic E-state index is -2.04. The van der Waals surface area contributed by atoms with Gasteiger partial charge in [0.05, 0.1) is 12.9 Å². The van der Waals surface area contributed by atoms with E-state index in [0.29, 0.717) is 23.6 Å². The van der Waals surface area contributed by atoms with Crippen molar-refractivity contribution in [3.63, 3.8) is 0 Å². The molecule has 0 spiro atoms. The van der Waals surface area contributed by atoms with Gasteiger partial charge in [0.25, 0.3) is 0 Å². The molecule has 0 amide bonds. The van der Waals surface area contributed by atoms with Crippen molar-refractivity contribution in [2.24, 2.45) is 0 Å². The molecular formula is C28H55N5O4Si3. The molecule has 1 aliphatic heterocycles. The molecule has 1 fully saturated rings. The van der Waals surface area contributed by atoms with Crippen LogP contribution in [0.5, 0.6) is 0 Å². The van der Waals surface area contributed by atoms with Crippen LogP contribution < -0.4 is 5.73 Å². The Morgan fingerprint density at radius 3 is 1.93 bits per heavy atom. The van der Waals surface area contributed by atoms with Crippen LogP contribution in [0.1, 0.15) is 65.5 Å². The van der Waals surface area contributed by atoms with E-state index in [1.54, 1.807) is 6.33 Å². The maximum absolute atomic E-state index is 7.15. The molecule has 228 valence electrons. The van der Waals surface area contributed by atoms with E-state index in [1.165, 1.54) is 25.6 Å². The Morgan fingerprint density at radius 1 is 0.800 bits per heavy atom. The monoisotopic (exact) mass is 609 g/mol. The van der Waals surface area contributed by atoms with Gasteiger partial charge in [0, 0.05) is 0 Å². The lowest BCUT2D eigenvalue weighted by Gasteiger charge is -2.37. The number of unbranched alkanes of at least 4 members (excludes halogenated alkanes) is 3. The molecule has 4 atom stereocenters. The van der Waals surface area contributed by atoms with E-state index >= 15 is 0 Å². The molecule has 3 rings (SSSR count). The van der Waals surface area contributed by atoms with Crippen LogP contribution in [0.3, 0.4) is 0 Å². The van der Waals surface area contributed by atoms with Gasteiger partial charge in [-0.3, -0.25) is 4.57 Å². The number of nitrogens with two attached hydrogens (primary N) is 1. The number of aromatic nitrogens is 4. The maximum atomic E-state index is 7.15. The topological polar surface area (TPSA) is 107 Å². The van der Waals surface area contributed by atoms with Gasteiger partial charge in [0.15, 0.2) is 42.6 Å². The van der Waals surface area contributed by atoms with Crippen molar-refractivity contribution in [2.75, 3.05) is 12.3 Å². The smallest absolute Gasteiger partial charge is 0.187 e. The average Bonchev–Trinajstić information content (AvgIpc) is 3.46. The maximum Gasteiger partial charge on any atom is 0.187 e. The number of rotatable bonds is 17. The standard InChI is InChI=1S/C28H55N5O4Si3/c1-10-13-16-38(4,5)34-19-22-24(36-39(6,7)17-14-11-2)25(37-40(8,9)18-15-12-3)28(35-22)33-21-32-23-26(29)30-20-31-27(23)33/h20-22,24-25,28H,10-19H2,1-9H3,(H2,29,30,31)/t22-,24-,25-,28-/m1/s1. The summed E-state index contributed by atoms with van der Waals surface area (Å²) in [5.41, 5.74) is 7.38. The van der Waals surface area contributed by atoms with Crippen LogP contribution in [0.25, 0.3) is 11.2 Å². The van der Waals surface area contributed by atoms with E-state index in [0.717, 1.165) is 37.4 Å². The molecule has 9 nitrogen and oxygen atoms in total. The second-order valence-corrected chi connectivity index (χ2v) is 26.0. The van der Waals surface area contributed by atoms with E-state index in [9.17, 15) is 0 Å². The average molecular weight is 610 g/mol. The summed E-state index contributed by atoms with van der Waals surface area (Å²) in [5, 5.41) is 0. The van der Waals surface area contributed by atoms with Gasteiger partial charge in [0.1, 0.15) is 30.2 Å². The lowest BCUT2D eigenvalue weighted by atomic mass is 10.1. The Labute approximate surface area is 245 Å². The minimum absolute atomic E-state index is 0.232. The summed E-state index contributed by atoms with van der Waals surface area (Å²) >= 11 is 0. The third-order valence-electron chi connectivity index (χ3n) is 7.89. The minimum Gasteiger partial charge on any atom is -0.415 e. The Balaban J connectivity index is 2.02. The Kier molecular flexibility index (Phi) is 12.0. The van der Waals surface area contributed by atoms with Crippen LogP contribution in [0.4, 0.5) is 5.82 Å². The molecule has 0 aromatic carbocycles. The van der Waals surface area contributed by atoms with E-state index < -0.39 is 31.2 Å². The molecule has 2 N–H and O–H groups in total. The van der Waals surface area contributed by atoms with Crippen molar-refractivity contribution in [2.45, 2.75) is 141 Å². The molecule has 1 saturated heterocycles. The fraction of sp³-hybridized carbons (Fsp3) is 0.821. The summed E-state index contributed by atoms with van der Waals surface area (Å²) in [6.07, 6.45) is 9.02. The van der Waals surface area contributed by atoms with Crippen molar-refractivity contribution in [3.05, 3.63) is 12.7 Å². The highest BCUT2D eigenvalue weighted by Crippen LogP contribution is 2.40. The third-order valence-corrected chi connectivity index (χ3v) is 15.3. The number of fused-ring (bicyclic) bond motifs is 1. The number of hydrogen-bond acceptors (Lipinski definition) is 8. The van der Waals surface area contributed by atoms with Crippen molar-refractivity contribution < 1.29 is 18.0 Å². The molecule has 1 aliphatic rings. The third kappa shape index (κ3) is 8.92. The van der Waals surface area contributed by atoms with Gasteiger partial charge in [0.2, 0.25) is 0 Å². The van der Waals surface area contributed by atoms with Gasteiger partial charge < -0.3 is 23.7 Å². The van der Waals surface area contributed by atoms with Gasteiger partial charge in [-0.2, -0.15) is 0 Å². The van der Waals surface area contributed by atoms with Crippen LogP contribution in [-0.4, -0.2) is 69.4 Å². The largest absolute Gasteiger partial charge is 0.415 e. The zero-order valence-electron chi connectivity index (χ0n) is 26.5. The number of anilines is 1. The number of imidazole rings is 1. The zero-order chi connectivity index (χ0) is 29.6. The van der Waals surface area contributed by atoms with Gasteiger partial charge in [-0.1, -0.05) is 59.3 Å². The summed E-state index contributed by atoms with van der Waals surface area (Å²) in [6, 6.07) is 3.34. The Bertz CT molecular complexity index is 1070. The molecule has 3 heterocycles. The van der Waals surface area contributed by atoms with Crippen molar-refractivity contribution in [1.82, 2.24) is 19.5 Å². The van der Waals surface area contributed by atoms with E-state index in [1.807, 2.05) is 4.57 Å². The van der Waals surface area contributed by atoms with Crippen LogP contribution >= 0.6 is 0 Å². The fourth-order valence-electron chi connectivity index (χ4n) is 5.43. The lowest BCUT2D eigenvalue weighted by Crippen LogP contribution is -2.50. The molecule has 0 saturated carbocycles. The highest BCUT2D eigenvalue weighted by atomic mass is 28.4. The molecule has 0 aliphatic carbocycles. The first-order valence-electron chi connectivity index (χ1n) is 15.4.